The predicted octanol–water partition coefficient (Wildman–Crippen LogP) is 2.31. The molecule has 0 saturated heterocycles. The van der Waals surface area contributed by atoms with E-state index in [9.17, 15) is 8.42 Å². The van der Waals surface area contributed by atoms with Crippen LogP contribution in [0.2, 0.25) is 0 Å². The standard InChI is InChI=1S/C16H26N2O2S/c1-4-16(5-2,12-17)18(3)21(19,20)15-10-9-13-7-6-8-14(13)11-15/h9-11H,4-8,12,17H2,1-3H3. The van der Waals surface area contributed by atoms with Crippen molar-refractivity contribution in [2.75, 3.05) is 13.6 Å². The van der Waals surface area contributed by atoms with Crippen LogP contribution in [-0.4, -0.2) is 31.9 Å². The summed E-state index contributed by atoms with van der Waals surface area (Å²) in [6.45, 7) is 4.32. The van der Waals surface area contributed by atoms with Crippen LogP contribution in [0.3, 0.4) is 0 Å². The molecule has 1 aliphatic rings. The first-order valence-corrected chi connectivity index (χ1v) is 9.16. The highest BCUT2D eigenvalue weighted by atomic mass is 32.2. The van der Waals surface area contributed by atoms with Gasteiger partial charge in [0.05, 0.1) is 4.90 Å². The van der Waals surface area contributed by atoms with Crippen LogP contribution in [-0.2, 0) is 22.9 Å². The first-order valence-electron chi connectivity index (χ1n) is 7.72. The van der Waals surface area contributed by atoms with Gasteiger partial charge in [0, 0.05) is 19.1 Å². The molecule has 0 fully saturated rings. The van der Waals surface area contributed by atoms with Crippen molar-refractivity contribution < 1.29 is 8.42 Å². The summed E-state index contributed by atoms with van der Waals surface area (Å²) in [6, 6.07) is 5.55. The van der Waals surface area contributed by atoms with Crippen molar-refractivity contribution in [3.63, 3.8) is 0 Å². The second-order valence-electron chi connectivity index (χ2n) is 5.89. The van der Waals surface area contributed by atoms with E-state index in [0.717, 1.165) is 19.3 Å². The number of aryl methyl sites for hydroxylation is 2. The molecule has 21 heavy (non-hydrogen) atoms. The zero-order chi connectivity index (χ0) is 15.7. The quantitative estimate of drug-likeness (QED) is 0.877. The van der Waals surface area contributed by atoms with Gasteiger partial charge < -0.3 is 5.73 Å². The Kier molecular flexibility index (Phi) is 4.76. The fourth-order valence-electron chi connectivity index (χ4n) is 3.23. The molecule has 0 radical (unpaired) electrons. The molecule has 0 heterocycles. The van der Waals surface area contributed by atoms with Crippen molar-refractivity contribution in [3.05, 3.63) is 29.3 Å². The Balaban J connectivity index is 2.42. The number of hydrogen-bond donors (Lipinski definition) is 1. The van der Waals surface area contributed by atoms with Crippen molar-refractivity contribution in [1.82, 2.24) is 4.31 Å². The number of nitrogens with two attached hydrogens (primary N) is 1. The van der Waals surface area contributed by atoms with Crippen molar-refractivity contribution in [1.29, 1.82) is 0 Å². The number of hydrogen-bond acceptors (Lipinski definition) is 3. The maximum atomic E-state index is 12.9. The van der Waals surface area contributed by atoms with Crippen LogP contribution in [0.1, 0.15) is 44.2 Å². The molecule has 1 aromatic carbocycles. The SMILES string of the molecule is CCC(CC)(CN)N(C)S(=O)(=O)c1ccc2c(c1)CCC2. The molecule has 4 nitrogen and oxygen atoms in total. The van der Waals surface area contributed by atoms with Crippen molar-refractivity contribution in [3.8, 4) is 0 Å². The van der Waals surface area contributed by atoms with E-state index in [-0.39, 0.29) is 0 Å². The molecular weight excluding hydrogens is 284 g/mol. The number of rotatable bonds is 6. The van der Waals surface area contributed by atoms with Gasteiger partial charge in [0.25, 0.3) is 0 Å². The first-order chi connectivity index (χ1) is 9.91. The van der Waals surface area contributed by atoms with Gasteiger partial charge in [0.15, 0.2) is 0 Å². The monoisotopic (exact) mass is 310 g/mol. The third-order valence-corrected chi connectivity index (χ3v) is 7.05. The van der Waals surface area contributed by atoms with E-state index in [4.69, 9.17) is 5.73 Å². The van der Waals surface area contributed by atoms with E-state index in [2.05, 4.69) is 0 Å². The molecule has 0 spiro atoms. The van der Waals surface area contributed by atoms with Gasteiger partial charge in [0.2, 0.25) is 10.0 Å². The summed E-state index contributed by atoms with van der Waals surface area (Å²) >= 11 is 0. The molecule has 0 amide bonds. The summed E-state index contributed by atoms with van der Waals surface area (Å²) in [5.74, 6) is 0. The third-order valence-electron chi connectivity index (χ3n) is 5.09. The van der Waals surface area contributed by atoms with Gasteiger partial charge >= 0.3 is 0 Å². The summed E-state index contributed by atoms with van der Waals surface area (Å²) in [7, 11) is -1.85. The van der Waals surface area contributed by atoms with Crippen LogP contribution < -0.4 is 5.73 Å². The first kappa shape index (κ1) is 16.5. The van der Waals surface area contributed by atoms with Gasteiger partial charge in [-0.15, -0.1) is 0 Å². The van der Waals surface area contributed by atoms with Crippen LogP contribution in [0.25, 0.3) is 0 Å². The predicted molar refractivity (Wildman–Crippen MR) is 85.8 cm³/mol. The molecule has 0 atom stereocenters. The molecule has 0 aromatic heterocycles. The minimum Gasteiger partial charge on any atom is -0.329 e. The second-order valence-corrected chi connectivity index (χ2v) is 7.86. The van der Waals surface area contributed by atoms with Gasteiger partial charge in [0.1, 0.15) is 0 Å². The zero-order valence-electron chi connectivity index (χ0n) is 13.2. The van der Waals surface area contributed by atoms with E-state index in [1.165, 1.54) is 15.4 Å². The van der Waals surface area contributed by atoms with Crippen LogP contribution >= 0.6 is 0 Å². The highest BCUT2D eigenvalue weighted by Crippen LogP contribution is 2.30. The largest absolute Gasteiger partial charge is 0.329 e. The summed E-state index contributed by atoms with van der Waals surface area (Å²) in [4.78, 5) is 0.394. The molecule has 1 aliphatic carbocycles. The summed E-state index contributed by atoms with van der Waals surface area (Å²) < 4.78 is 27.3. The van der Waals surface area contributed by atoms with Crippen LogP contribution in [0.4, 0.5) is 0 Å². The molecule has 0 unspecified atom stereocenters. The molecule has 5 heteroatoms. The van der Waals surface area contributed by atoms with Gasteiger partial charge in [-0.2, -0.15) is 4.31 Å². The van der Waals surface area contributed by atoms with Gasteiger partial charge in [-0.1, -0.05) is 19.9 Å². The van der Waals surface area contributed by atoms with E-state index in [1.807, 2.05) is 26.0 Å². The molecule has 0 aliphatic heterocycles. The molecule has 0 saturated carbocycles. The fraction of sp³-hybridized carbons (Fsp3) is 0.625. The maximum Gasteiger partial charge on any atom is 0.243 e. The molecule has 1 aromatic rings. The smallest absolute Gasteiger partial charge is 0.243 e. The highest BCUT2D eigenvalue weighted by Gasteiger charge is 2.38. The minimum atomic E-state index is -3.50. The van der Waals surface area contributed by atoms with Gasteiger partial charge in [-0.3, -0.25) is 0 Å². The Morgan fingerprint density at radius 1 is 1.19 bits per heavy atom. The van der Waals surface area contributed by atoms with E-state index in [1.54, 1.807) is 13.1 Å². The van der Waals surface area contributed by atoms with Gasteiger partial charge in [-0.25, -0.2) is 8.42 Å². The maximum absolute atomic E-state index is 12.9. The lowest BCUT2D eigenvalue weighted by molar-refractivity contribution is 0.208. The average Bonchev–Trinajstić information content (AvgIpc) is 2.96. The number of likely N-dealkylation sites (N-methyl/N-ethyl adjacent to an activating group) is 1. The Morgan fingerprint density at radius 3 is 2.38 bits per heavy atom. The van der Waals surface area contributed by atoms with Gasteiger partial charge in [-0.05, 0) is 55.4 Å². The van der Waals surface area contributed by atoms with Crippen LogP contribution in [0.15, 0.2) is 23.1 Å². The van der Waals surface area contributed by atoms with E-state index in [0.29, 0.717) is 24.3 Å². The average molecular weight is 310 g/mol. The molecule has 118 valence electrons. The molecule has 0 bridgehead atoms. The fourth-order valence-corrected chi connectivity index (χ4v) is 4.92. The van der Waals surface area contributed by atoms with Crippen molar-refractivity contribution in [2.45, 2.75) is 56.4 Å². The highest BCUT2D eigenvalue weighted by molar-refractivity contribution is 7.89. The Bertz CT molecular complexity index is 598. The lowest BCUT2D eigenvalue weighted by Crippen LogP contribution is -2.53. The van der Waals surface area contributed by atoms with E-state index >= 15 is 0 Å². The molecule has 2 rings (SSSR count). The van der Waals surface area contributed by atoms with Crippen LogP contribution in [0, 0.1) is 0 Å². The van der Waals surface area contributed by atoms with Crippen molar-refractivity contribution in [2.24, 2.45) is 5.73 Å². The number of benzene rings is 1. The Hall–Kier alpha value is -0.910. The lowest BCUT2D eigenvalue weighted by Gasteiger charge is -2.38. The molecular formula is C16H26N2O2S. The van der Waals surface area contributed by atoms with Crippen molar-refractivity contribution >= 4 is 10.0 Å². The summed E-state index contributed by atoms with van der Waals surface area (Å²) in [5, 5.41) is 0. The molecule has 2 N–H and O–H groups in total. The summed E-state index contributed by atoms with van der Waals surface area (Å²) in [5.41, 5.74) is 7.85. The number of fused-ring (bicyclic) bond motifs is 1. The Labute approximate surface area is 128 Å². The van der Waals surface area contributed by atoms with E-state index < -0.39 is 15.6 Å². The Morgan fingerprint density at radius 2 is 1.81 bits per heavy atom. The normalized spacial score (nSPS) is 15.5. The van der Waals surface area contributed by atoms with Crippen LogP contribution in [0.5, 0.6) is 0 Å². The number of sulfonamides is 1. The minimum absolute atomic E-state index is 0.334. The summed E-state index contributed by atoms with van der Waals surface area (Å²) in [6.07, 6.45) is 4.57. The second kappa shape index (κ2) is 6.07. The number of nitrogens with zero attached hydrogens (tertiary/aromatic N) is 1. The third kappa shape index (κ3) is 2.74. The topological polar surface area (TPSA) is 63.4 Å². The lowest BCUT2D eigenvalue weighted by atomic mass is 9.93. The zero-order valence-corrected chi connectivity index (χ0v) is 14.0.